The lowest BCUT2D eigenvalue weighted by molar-refractivity contribution is -0.114. The minimum Gasteiger partial charge on any atom is -0.359 e. The fourth-order valence-electron chi connectivity index (χ4n) is 2.52. The van der Waals surface area contributed by atoms with Crippen molar-refractivity contribution >= 4 is 27.4 Å². The lowest BCUT2D eigenvalue weighted by Crippen LogP contribution is -2.17. The van der Waals surface area contributed by atoms with Gasteiger partial charge in [0.15, 0.2) is 5.82 Å². The van der Waals surface area contributed by atoms with Gasteiger partial charge in [-0.05, 0) is 37.1 Å². The van der Waals surface area contributed by atoms with Crippen LogP contribution in [-0.4, -0.2) is 19.5 Å². The van der Waals surface area contributed by atoms with Crippen molar-refractivity contribution in [3.63, 3.8) is 0 Å². The van der Waals surface area contributed by atoms with Crippen LogP contribution in [0.3, 0.4) is 0 Å². The Hall–Kier alpha value is -2.35. The van der Waals surface area contributed by atoms with Gasteiger partial charge in [-0.15, -0.1) is 0 Å². The highest BCUT2D eigenvalue weighted by Gasteiger charge is 2.24. The molecule has 0 aliphatic heterocycles. The summed E-state index contributed by atoms with van der Waals surface area (Å²) in [5.74, 6) is 0.499. The van der Waals surface area contributed by atoms with Crippen LogP contribution in [-0.2, 0) is 20.2 Å². The maximum Gasteiger partial charge on any atom is 0.263 e. The maximum atomic E-state index is 12.8. The van der Waals surface area contributed by atoms with Crippen molar-refractivity contribution in [1.82, 2.24) is 5.16 Å². The van der Waals surface area contributed by atoms with E-state index in [1.165, 1.54) is 6.92 Å². The molecule has 25 heavy (non-hydrogen) atoms. The molecular formula is C17H23N3O4S. The first-order valence-corrected chi connectivity index (χ1v) is 9.27. The molecule has 1 heterocycles. The number of sulfonamides is 1. The average Bonchev–Trinajstić information content (AvgIpc) is 2.83. The Morgan fingerprint density at radius 2 is 1.68 bits per heavy atom. The zero-order chi connectivity index (χ0) is 19.0. The predicted octanol–water partition coefficient (Wildman–Crippen LogP) is 3.35. The molecule has 0 fully saturated rings. The molecule has 7 nitrogen and oxygen atoms in total. The Labute approximate surface area is 147 Å². The van der Waals surface area contributed by atoms with Crippen molar-refractivity contribution in [1.29, 1.82) is 0 Å². The van der Waals surface area contributed by atoms with Crippen molar-refractivity contribution in [2.24, 2.45) is 0 Å². The summed E-state index contributed by atoms with van der Waals surface area (Å²) in [6, 6.07) is 4.81. The van der Waals surface area contributed by atoms with Crippen molar-refractivity contribution in [2.45, 2.75) is 51.9 Å². The van der Waals surface area contributed by atoms with Crippen LogP contribution in [0.4, 0.5) is 11.5 Å². The molecule has 0 aliphatic rings. The largest absolute Gasteiger partial charge is 0.359 e. The summed E-state index contributed by atoms with van der Waals surface area (Å²) >= 11 is 0. The second kappa shape index (κ2) is 6.51. The number of rotatable bonds is 4. The highest BCUT2D eigenvalue weighted by molar-refractivity contribution is 7.92. The molecular weight excluding hydrogens is 342 g/mol. The number of hydrogen-bond donors (Lipinski definition) is 2. The van der Waals surface area contributed by atoms with E-state index in [2.05, 4.69) is 15.2 Å². The Kier molecular flexibility index (Phi) is 4.94. The van der Waals surface area contributed by atoms with E-state index < -0.39 is 10.0 Å². The Morgan fingerprint density at radius 3 is 2.12 bits per heavy atom. The number of nitrogens with zero attached hydrogens (tertiary/aromatic N) is 1. The normalized spacial score (nSPS) is 12.1. The number of amides is 1. The fraction of sp³-hybridized carbons (Fsp3) is 0.412. The van der Waals surface area contributed by atoms with Gasteiger partial charge < -0.3 is 9.84 Å². The van der Waals surface area contributed by atoms with Crippen LogP contribution in [0, 0.1) is 13.8 Å². The predicted molar refractivity (Wildman–Crippen MR) is 96.2 cm³/mol. The monoisotopic (exact) mass is 365 g/mol. The minimum atomic E-state index is -3.84. The molecule has 0 unspecified atom stereocenters. The lowest BCUT2D eigenvalue weighted by Gasteiger charge is -2.14. The summed E-state index contributed by atoms with van der Waals surface area (Å²) in [7, 11) is -3.84. The first-order chi connectivity index (χ1) is 11.4. The topological polar surface area (TPSA) is 101 Å². The van der Waals surface area contributed by atoms with E-state index in [4.69, 9.17) is 4.52 Å². The van der Waals surface area contributed by atoms with E-state index in [1.807, 2.05) is 20.8 Å². The molecule has 136 valence electrons. The molecule has 2 rings (SSSR count). The van der Waals surface area contributed by atoms with Gasteiger partial charge in [-0.2, -0.15) is 0 Å². The standard InChI is InChI=1S/C17H23N3O4S/c1-10-7-13(18-12(3)21)8-11(2)16(10)25(22,23)20-15-9-14(24-19-15)17(4,5)6/h7-9H,1-6H3,(H,18,21)(H,19,20). The maximum absolute atomic E-state index is 12.8. The van der Waals surface area contributed by atoms with Crippen LogP contribution in [0.2, 0.25) is 0 Å². The number of aryl methyl sites for hydroxylation is 2. The van der Waals surface area contributed by atoms with Crippen LogP contribution in [0.25, 0.3) is 0 Å². The molecule has 0 atom stereocenters. The molecule has 2 N–H and O–H groups in total. The average molecular weight is 365 g/mol. The Bertz CT molecular complexity index is 885. The number of carbonyl (C=O) groups excluding carboxylic acids is 1. The zero-order valence-corrected chi connectivity index (χ0v) is 16.0. The number of aromatic nitrogens is 1. The Morgan fingerprint density at radius 1 is 1.12 bits per heavy atom. The number of hydrogen-bond acceptors (Lipinski definition) is 5. The summed E-state index contributed by atoms with van der Waals surface area (Å²) in [6.07, 6.45) is 0. The number of benzene rings is 1. The third kappa shape index (κ3) is 4.39. The number of nitrogens with one attached hydrogen (secondary N) is 2. The molecule has 0 spiro atoms. The van der Waals surface area contributed by atoms with Crippen LogP contribution >= 0.6 is 0 Å². The number of carbonyl (C=O) groups is 1. The third-order valence-electron chi connectivity index (χ3n) is 3.54. The van der Waals surface area contributed by atoms with Gasteiger partial charge in [-0.3, -0.25) is 9.52 Å². The quantitative estimate of drug-likeness (QED) is 0.865. The minimum absolute atomic E-state index is 0.134. The van der Waals surface area contributed by atoms with Crippen LogP contribution < -0.4 is 10.0 Å². The smallest absolute Gasteiger partial charge is 0.263 e. The molecule has 0 saturated carbocycles. The molecule has 1 amide bonds. The van der Waals surface area contributed by atoms with Crippen LogP contribution in [0.1, 0.15) is 44.6 Å². The van der Waals surface area contributed by atoms with Crippen LogP contribution in [0.15, 0.2) is 27.6 Å². The Balaban J connectivity index is 2.36. The third-order valence-corrected chi connectivity index (χ3v) is 5.20. The first-order valence-electron chi connectivity index (χ1n) is 7.79. The summed E-state index contributed by atoms with van der Waals surface area (Å²) in [5.41, 5.74) is 1.33. The van der Waals surface area contributed by atoms with Gasteiger partial charge in [0.1, 0.15) is 5.76 Å². The van der Waals surface area contributed by atoms with Crippen molar-refractivity contribution in [3.8, 4) is 0 Å². The van der Waals surface area contributed by atoms with Gasteiger partial charge >= 0.3 is 0 Å². The summed E-state index contributed by atoms with van der Waals surface area (Å²) in [5, 5.41) is 6.44. The molecule has 0 aliphatic carbocycles. The summed E-state index contributed by atoms with van der Waals surface area (Å²) in [6.45, 7) is 10.6. The van der Waals surface area contributed by atoms with Gasteiger partial charge in [0.2, 0.25) is 5.91 Å². The molecule has 0 saturated heterocycles. The zero-order valence-electron chi connectivity index (χ0n) is 15.2. The summed E-state index contributed by atoms with van der Waals surface area (Å²) in [4.78, 5) is 11.3. The second-order valence-corrected chi connectivity index (χ2v) is 8.67. The van der Waals surface area contributed by atoms with Crippen LogP contribution in [0.5, 0.6) is 0 Å². The van der Waals surface area contributed by atoms with E-state index in [9.17, 15) is 13.2 Å². The fourth-order valence-corrected chi connectivity index (χ4v) is 3.95. The molecule has 1 aromatic heterocycles. The highest BCUT2D eigenvalue weighted by Crippen LogP contribution is 2.28. The van der Waals surface area contributed by atoms with Gasteiger partial charge in [0.05, 0.1) is 4.90 Å². The SMILES string of the molecule is CC(=O)Nc1cc(C)c(S(=O)(=O)Nc2cc(C(C)(C)C)on2)c(C)c1. The van der Waals surface area contributed by atoms with Crippen molar-refractivity contribution in [2.75, 3.05) is 10.0 Å². The van der Waals surface area contributed by atoms with Gasteiger partial charge in [-0.25, -0.2) is 8.42 Å². The molecule has 1 aromatic carbocycles. The second-order valence-electron chi connectivity index (χ2n) is 7.05. The van der Waals surface area contributed by atoms with Gasteiger partial charge in [0.25, 0.3) is 10.0 Å². The molecule has 2 aromatic rings. The number of anilines is 2. The molecule has 0 radical (unpaired) electrons. The van der Waals surface area contributed by atoms with E-state index >= 15 is 0 Å². The highest BCUT2D eigenvalue weighted by atomic mass is 32.2. The summed E-state index contributed by atoms with van der Waals surface area (Å²) < 4.78 is 33.2. The van der Waals surface area contributed by atoms with Gasteiger partial charge in [-0.1, -0.05) is 25.9 Å². The molecule has 0 bridgehead atoms. The van der Waals surface area contributed by atoms with E-state index in [0.717, 1.165) is 0 Å². The van der Waals surface area contributed by atoms with Crippen molar-refractivity contribution < 1.29 is 17.7 Å². The van der Waals surface area contributed by atoms with E-state index in [0.29, 0.717) is 22.6 Å². The van der Waals surface area contributed by atoms with E-state index in [1.54, 1.807) is 32.0 Å². The molecule has 8 heteroatoms. The van der Waals surface area contributed by atoms with Crippen molar-refractivity contribution in [3.05, 3.63) is 35.1 Å². The lowest BCUT2D eigenvalue weighted by atomic mass is 9.93. The van der Waals surface area contributed by atoms with E-state index in [-0.39, 0.29) is 22.0 Å². The van der Waals surface area contributed by atoms with Gasteiger partial charge in [0, 0.05) is 24.1 Å². The first kappa shape index (κ1) is 19.0.